The van der Waals surface area contributed by atoms with Crippen LogP contribution in [-0.2, 0) is 19.6 Å². The molecule has 0 unspecified atom stereocenters. The summed E-state index contributed by atoms with van der Waals surface area (Å²) in [6.07, 6.45) is 0. The first-order chi connectivity index (χ1) is 13.8. The SMILES string of the molecule is CC(=O)Nc1ccc(NC(=O)c2cc(S(=O)(=O)N3CCOCC3)ccc2F)cc1. The fraction of sp³-hybridized carbons (Fsp3) is 0.263. The normalized spacial score (nSPS) is 15.0. The average molecular weight is 421 g/mol. The smallest absolute Gasteiger partial charge is 0.258 e. The largest absolute Gasteiger partial charge is 0.379 e. The number of halogens is 1. The van der Waals surface area contributed by atoms with E-state index in [1.54, 1.807) is 12.1 Å². The third-order valence-electron chi connectivity index (χ3n) is 4.25. The third kappa shape index (κ3) is 4.97. The maximum Gasteiger partial charge on any atom is 0.258 e. The lowest BCUT2D eigenvalue weighted by molar-refractivity contribution is -0.114. The van der Waals surface area contributed by atoms with Gasteiger partial charge in [0.1, 0.15) is 5.82 Å². The molecule has 2 aromatic rings. The van der Waals surface area contributed by atoms with Crippen LogP contribution in [0, 0.1) is 5.82 Å². The molecule has 2 aromatic carbocycles. The van der Waals surface area contributed by atoms with Crippen LogP contribution in [0.1, 0.15) is 17.3 Å². The summed E-state index contributed by atoms with van der Waals surface area (Å²) in [5, 5.41) is 5.11. The van der Waals surface area contributed by atoms with Crippen molar-refractivity contribution in [3.63, 3.8) is 0 Å². The van der Waals surface area contributed by atoms with Crippen LogP contribution in [0.15, 0.2) is 47.4 Å². The van der Waals surface area contributed by atoms with E-state index in [2.05, 4.69) is 10.6 Å². The number of nitrogens with zero attached hydrogens (tertiary/aromatic N) is 1. The molecular weight excluding hydrogens is 401 g/mol. The Hall–Kier alpha value is -2.82. The van der Waals surface area contributed by atoms with E-state index in [9.17, 15) is 22.4 Å². The van der Waals surface area contributed by atoms with Gasteiger partial charge in [0, 0.05) is 31.4 Å². The first-order valence-electron chi connectivity index (χ1n) is 8.84. The summed E-state index contributed by atoms with van der Waals surface area (Å²) in [7, 11) is -3.86. The van der Waals surface area contributed by atoms with Gasteiger partial charge in [-0.25, -0.2) is 12.8 Å². The molecule has 2 N–H and O–H groups in total. The molecule has 0 radical (unpaired) electrons. The van der Waals surface area contributed by atoms with E-state index in [1.807, 2.05) is 0 Å². The second-order valence-electron chi connectivity index (χ2n) is 6.37. The van der Waals surface area contributed by atoms with Crippen LogP contribution >= 0.6 is 0 Å². The van der Waals surface area contributed by atoms with Gasteiger partial charge in [0.05, 0.1) is 23.7 Å². The number of sulfonamides is 1. The molecule has 1 aliphatic rings. The summed E-state index contributed by atoms with van der Waals surface area (Å²) in [5.74, 6) is -1.85. The molecule has 29 heavy (non-hydrogen) atoms. The van der Waals surface area contributed by atoms with Crippen molar-refractivity contribution < 1.29 is 27.1 Å². The molecule has 8 nitrogen and oxygen atoms in total. The number of hydrogen-bond donors (Lipinski definition) is 2. The summed E-state index contributed by atoms with van der Waals surface area (Å²) < 4.78 is 46.1. The summed E-state index contributed by atoms with van der Waals surface area (Å²) >= 11 is 0. The minimum absolute atomic E-state index is 0.160. The number of carbonyl (C=O) groups excluding carboxylic acids is 2. The molecule has 1 saturated heterocycles. The molecule has 2 amide bonds. The Labute approximate surface area is 167 Å². The molecule has 0 spiro atoms. The fourth-order valence-corrected chi connectivity index (χ4v) is 4.25. The summed E-state index contributed by atoms with van der Waals surface area (Å²) in [4.78, 5) is 23.4. The second kappa shape index (κ2) is 8.68. The predicted molar refractivity (Wildman–Crippen MR) is 105 cm³/mol. The molecule has 0 aromatic heterocycles. The van der Waals surface area contributed by atoms with Crippen LogP contribution in [0.4, 0.5) is 15.8 Å². The highest BCUT2D eigenvalue weighted by atomic mass is 32.2. The molecular formula is C19H20FN3O5S. The quantitative estimate of drug-likeness (QED) is 0.769. The number of ether oxygens (including phenoxy) is 1. The van der Waals surface area contributed by atoms with Gasteiger partial charge in [0.25, 0.3) is 5.91 Å². The van der Waals surface area contributed by atoms with Gasteiger partial charge in [-0.2, -0.15) is 4.31 Å². The van der Waals surface area contributed by atoms with E-state index in [0.717, 1.165) is 18.2 Å². The van der Waals surface area contributed by atoms with Gasteiger partial charge in [-0.05, 0) is 42.5 Å². The number of amides is 2. The van der Waals surface area contributed by atoms with Crippen molar-refractivity contribution in [2.45, 2.75) is 11.8 Å². The van der Waals surface area contributed by atoms with Crippen molar-refractivity contribution in [2.24, 2.45) is 0 Å². The Kier molecular flexibility index (Phi) is 6.26. The summed E-state index contributed by atoms with van der Waals surface area (Å²) in [5.41, 5.74) is 0.524. The highest BCUT2D eigenvalue weighted by molar-refractivity contribution is 7.89. The Morgan fingerprint density at radius 3 is 2.17 bits per heavy atom. The van der Waals surface area contributed by atoms with Crippen molar-refractivity contribution in [2.75, 3.05) is 36.9 Å². The molecule has 0 saturated carbocycles. The molecule has 154 valence electrons. The van der Waals surface area contributed by atoms with Gasteiger partial charge in [-0.3, -0.25) is 9.59 Å². The van der Waals surface area contributed by atoms with Gasteiger partial charge in [0.15, 0.2) is 0 Å². The van der Waals surface area contributed by atoms with E-state index < -0.39 is 21.7 Å². The number of carbonyl (C=O) groups is 2. The average Bonchev–Trinajstić information content (AvgIpc) is 2.70. The Morgan fingerprint density at radius 2 is 1.59 bits per heavy atom. The van der Waals surface area contributed by atoms with Gasteiger partial charge in [-0.1, -0.05) is 0 Å². The van der Waals surface area contributed by atoms with Gasteiger partial charge in [0.2, 0.25) is 15.9 Å². The Bertz CT molecular complexity index is 1020. The van der Waals surface area contributed by atoms with Gasteiger partial charge >= 0.3 is 0 Å². The van der Waals surface area contributed by atoms with Crippen LogP contribution in [0.2, 0.25) is 0 Å². The fourth-order valence-electron chi connectivity index (χ4n) is 2.81. The molecule has 1 fully saturated rings. The van der Waals surface area contributed by atoms with E-state index in [1.165, 1.54) is 23.4 Å². The van der Waals surface area contributed by atoms with Crippen LogP contribution in [0.5, 0.6) is 0 Å². The number of anilines is 2. The lowest BCUT2D eigenvalue weighted by Gasteiger charge is -2.26. The lowest BCUT2D eigenvalue weighted by atomic mass is 10.2. The minimum atomic E-state index is -3.86. The molecule has 1 aliphatic heterocycles. The molecule has 0 atom stereocenters. The first kappa shape index (κ1) is 20.9. The number of morpholine rings is 1. The number of hydrogen-bond acceptors (Lipinski definition) is 5. The van der Waals surface area contributed by atoms with Crippen LogP contribution < -0.4 is 10.6 Å². The summed E-state index contributed by atoms with van der Waals surface area (Å²) in [6.45, 7) is 2.32. The first-order valence-corrected chi connectivity index (χ1v) is 10.3. The molecule has 0 bridgehead atoms. The standard InChI is InChI=1S/C19H20FN3O5S/c1-13(24)21-14-2-4-15(5-3-14)22-19(25)17-12-16(6-7-18(17)20)29(26,27)23-8-10-28-11-9-23/h2-7,12H,8-11H2,1H3,(H,21,24)(H,22,25). The van der Waals surface area contributed by atoms with E-state index in [4.69, 9.17) is 4.74 Å². The highest BCUT2D eigenvalue weighted by Gasteiger charge is 2.28. The maximum atomic E-state index is 14.2. The van der Waals surface area contributed by atoms with Crippen LogP contribution in [0.3, 0.4) is 0 Å². The summed E-state index contributed by atoms with van der Waals surface area (Å²) in [6, 6.07) is 9.35. The lowest BCUT2D eigenvalue weighted by Crippen LogP contribution is -2.40. The van der Waals surface area contributed by atoms with Crippen molar-refractivity contribution >= 4 is 33.2 Å². The van der Waals surface area contributed by atoms with Crippen molar-refractivity contribution in [1.82, 2.24) is 4.31 Å². The Balaban J connectivity index is 1.80. The minimum Gasteiger partial charge on any atom is -0.379 e. The monoisotopic (exact) mass is 421 g/mol. The van der Waals surface area contributed by atoms with Crippen molar-refractivity contribution in [3.8, 4) is 0 Å². The maximum absolute atomic E-state index is 14.2. The number of benzene rings is 2. The topological polar surface area (TPSA) is 105 Å². The van der Waals surface area contributed by atoms with Gasteiger partial charge < -0.3 is 15.4 Å². The van der Waals surface area contributed by atoms with E-state index in [-0.39, 0.29) is 42.7 Å². The zero-order chi connectivity index (χ0) is 21.0. The highest BCUT2D eigenvalue weighted by Crippen LogP contribution is 2.22. The van der Waals surface area contributed by atoms with Gasteiger partial charge in [-0.15, -0.1) is 0 Å². The third-order valence-corrected chi connectivity index (χ3v) is 6.15. The molecule has 10 heteroatoms. The molecule has 0 aliphatic carbocycles. The van der Waals surface area contributed by atoms with Crippen LogP contribution in [-0.4, -0.2) is 50.8 Å². The zero-order valence-electron chi connectivity index (χ0n) is 15.6. The van der Waals surface area contributed by atoms with Crippen LogP contribution in [0.25, 0.3) is 0 Å². The Morgan fingerprint density at radius 1 is 1.00 bits per heavy atom. The van der Waals surface area contributed by atoms with Crippen molar-refractivity contribution in [3.05, 3.63) is 53.8 Å². The number of nitrogens with one attached hydrogen (secondary N) is 2. The molecule has 1 heterocycles. The predicted octanol–water partition coefficient (Wildman–Crippen LogP) is 2.06. The second-order valence-corrected chi connectivity index (χ2v) is 8.31. The number of rotatable bonds is 5. The van der Waals surface area contributed by atoms with Crippen molar-refractivity contribution in [1.29, 1.82) is 0 Å². The van der Waals surface area contributed by atoms with E-state index in [0.29, 0.717) is 11.4 Å². The van der Waals surface area contributed by atoms with E-state index >= 15 is 0 Å². The zero-order valence-corrected chi connectivity index (χ0v) is 16.5. The molecule has 3 rings (SSSR count).